The number of amides is 1. The summed E-state index contributed by atoms with van der Waals surface area (Å²) in [6.07, 6.45) is 0. The number of hydrogen-bond acceptors (Lipinski definition) is 5. The number of carbonyl (C=O) groups is 1. The molecule has 1 amide bonds. The predicted molar refractivity (Wildman–Crippen MR) is 80.3 cm³/mol. The number of nitrogens with zero attached hydrogens (tertiary/aromatic N) is 1. The monoisotopic (exact) mass is 315 g/mol. The molecule has 0 spiro atoms. The van der Waals surface area contributed by atoms with Crippen LogP contribution in [-0.4, -0.2) is 52.5 Å². The summed E-state index contributed by atoms with van der Waals surface area (Å²) in [7, 11) is -0.948. The van der Waals surface area contributed by atoms with Crippen molar-refractivity contribution in [3.05, 3.63) is 23.8 Å². The summed E-state index contributed by atoms with van der Waals surface area (Å²) in [5.41, 5.74) is 6.46. The van der Waals surface area contributed by atoms with Crippen LogP contribution in [0.5, 0.6) is 0 Å². The summed E-state index contributed by atoms with van der Waals surface area (Å²) in [5, 5.41) is 2.57. The molecule has 1 aromatic carbocycles. The maximum atomic E-state index is 12.5. The Kier molecular flexibility index (Phi) is 6.13. The minimum absolute atomic E-state index is 0.0391. The van der Waals surface area contributed by atoms with Gasteiger partial charge in [-0.3, -0.25) is 4.79 Å². The molecule has 21 heavy (non-hydrogen) atoms. The van der Waals surface area contributed by atoms with Gasteiger partial charge in [-0.2, -0.15) is 4.31 Å². The van der Waals surface area contributed by atoms with Gasteiger partial charge in [-0.25, -0.2) is 8.42 Å². The van der Waals surface area contributed by atoms with Crippen molar-refractivity contribution < 1.29 is 17.9 Å². The summed E-state index contributed by atoms with van der Waals surface area (Å²) >= 11 is 0. The first-order valence-corrected chi connectivity index (χ1v) is 7.81. The van der Waals surface area contributed by atoms with Gasteiger partial charge in [-0.1, -0.05) is 12.1 Å². The Balaban J connectivity index is 2.85. The second-order valence-electron chi connectivity index (χ2n) is 4.60. The Morgan fingerprint density at radius 3 is 2.67 bits per heavy atom. The number of hydrogen-bond donors (Lipinski definition) is 2. The number of sulfonamides is 1. The van der Waals surface area contributed by atoms with Gasteiger partial charge in [-0.15, -0.1) is 0 Å². The lowest BCUT2D eigenvalue weighted by atomic mass is 10.2. The molecule has 0 fully saturated rings. The number of nitrogen functional groups attached to an aromatic ring is 1. The van der Waals surface area contributed by atoms with E-state index in [0.29, 0.717) is 18.7 Å². The highest BCUT2D eigenvalue weighted by atomic mass is 32.2. The highest BCUT2D eigenvalue weighted by Gasteiger charge is 2.26. The van der Waals surface area contributed by atoms with Gasteiger partial charge < -0.3 is 15.8 Å². The SMILES string of the molecule is COCCNC(=O)CN(C)S(=O)(=O)c1c(C)cccc1N. The fourth-order valence-corrected chi connectivity index (χ4v) is 3.26. The number of carbonyl (C=O) groups excluding carboxylic acids is 1. The molecule has 0 aromatic heterocycles. The molecule has 0 aliphatic carbocycles. The molecule has 0 aliphatic rings. The zero-order valence-electron chi connectivity index (χ0n) is 12.4. The maximum absolute atomic E-state index is 12.5. The second-order valence-corrected chi connectivity index (χ2v) is 6.58. The van der Waals surface area contributed by atoms with Crippen LogP contribution >= 0.6 is 0 Å². The second kappa shape index (κ2) is 7.39. The number of aryl methyl sites for hydroxylation is 1. The molecule has 8 heteroatoms. The number of anilines is 1. The number of nitrogens with one attached hydrogen (secondary N) is 1. The molecular weight excluding hydrogens is 294 g/mol. The highest BCUT2D eigenvalue weighted by molar-refractivity contribution is 7.89. The Bertz CT molecular complexity index is 581. The number of rotatable bonds is 7. The maximum Gasteiger partial charge on any atom is 0.245 e. The van der Waals surface area contributed by atoms with E-state index in [0.717, 1.165) is 4.31 Å². The van der Waals surface area contributed by atoms with Crippen molar-refractivity contribution in [1.82, 2.24) is 9.62 Å². The van der Waals surface area contributed by atoms with E-state index in [2.05, 4.69) is 5.32 Å². The summed E-state index contributed by atoms with van der Waals surface area (Å²) < 4.78 is 30.7. The van der Waals surface area contributed by atoms with E-state index in [1.54, 1.807) is 19.1 Å². The van der Waals surface area contributed by atoms with Crippen LogP contribution in [0, 0.1) is 6.92 Å². The van der Waals surface area contributed by atoms with Crippen molar-refractivity contribution in [1.29, 1.82) is 0 Å². The quantitative estimate of drug-likeness (QED) is 0.543. The van der Waals surface area contributed by atoms with Crippen molar-refractivity contribution in [2.24, 2.45) is 0 Å². The fourth-order valence-electron chi connectivity index (χ4n) is 1.82. The first kappa shape index (κ1) is 17.4. The molecule has 1 aromatic rings. The van der Waals surface area contributed by atoms with E-state index >= 15 is 0 Å². The van der Waals surface area contributed by atoms with Gasteiger partial charge in [0.1, 0.15) is 4.90 Å². The lowest BCUT2D eigenvalue weighted by Gasteiger charge is -2.19. The van der Waals surface area contributed by atoms with Crippen molar-refractivity contribution in [3.8, 4) is 0 Å². The minimum Gasteiger partial charge on any atom is -0.398 e. The van der Waals surface area contributed by atoms with Gasteiger partial charge in [0.2, 0.25) is 15.9 Å². The molecule has 7 nitrogen and oxygen atoms in total. The van der Waals surface area contributed by atoms with Gasteiger partial charge in [0.25, 0.3) is 0 Å². The van der Waals surface area contributed by atoms with Crippen molar-refractivity contribution in [2.75, 3.05) is 39.6 Å². The average Bonchev–Trinajstić information content (AvgIpc) is 2.38. The Morgan fingerprint density at radius 1 is 1.43 bits per heavy atom. The topological polar surface area (TPSA) is 102 Å². The summed E-state index contributed by atoms with van der Waals surface area (Å²) in [6.45, 7) is 2.08. The van der Waals surface area contributed by atoms with E-state index in [9.17, 15) is 13.2 Å². The molecule has 3 N–H and O–H groups in total. The molecule has 0 aliphatic heterocycles. The third-order valence-electron chi connectivity index (χ3n) is 2.91. The smallest absolute Gasteiger partial charge is 0.245 e. The van der Waals surface area contributed by atoms with Crippen LogP contribution < -0.4 is 11.1 Å². The van der Waals surface area contributed by atoms with Crippen molar-refractivity contribution >= 4 is 21.6 Å². The number of ether oxygens (including phenoxy) is 1. The van der Waals surface area contributed by atoms with Crippen LogP contribution in [0.1, 0.15) is 5.56 Å². The number of likely N-dealkylation sites (N-methyl/N-ethyl adjacent to an activating group) is 1. The first-order chi connectivity index (χ1) is 9.80. The van der Waals surface area contributed by atoms with Crippen LogP contribution in [0.4, 0.5) is 5.69 Å². The zero-order chi connectivity index (χ0) is 16.0. The zero-order valence-corrected chi connectivity index (χ0v) is 13.2. The van der Waals surface area contributed by atoms with Gasteiger partial charge in [-0.05, 0) is 18.6 Å². The summed E-state index contributed by atoms with van der Waals surface area (Å²) in [6, 6.07) is 4.86. The van der Waals surface area contributed by atoms with Gasteiger partial charge >= 0.3 is 0 Å². The van der Waals surface area contributed by atoms with E-state index in [4.69, 9.17) is 10.5 Å². The molecule has 0 saturated heterocycles. The molecule has 0 atom stereocenters. The summed E-state index contributed by atoms with van der Waals surface area (Å²) in [4.78, 5) is 11.7. The predicted octanol–water partition coefficient (Wildman–Crippen LogP) is -0.0397. The van der Waals surface area contributed by atoms with E-state index in [1.165, 1.54) is 20.2 Å². The molecule has 0 unspecified atom stereocenters. The lowest BCUT2D eigenvalue weighted by molar-refractivity contribution is -0.121. The minimum atomic E-state index is -3.81. The molecule has 1 rings (SSSR count). The standard InChI is InChI=1S/C13H21N3O4S/c1-10-5-4-6-11(14)13(10)21(18,19)16(2)9-12(17)15-7-8-20-3/h4-6H,7-9,14H2,1-3H3,(H,15,17). The van der Waals surface area contributed by atoms with E-state index < -0.39 is 15.9 Å². The largest absolute Gasteiger partial charge is 0.398 e. The van der Waals surface area contributed by atoms with Crippen LogP contribution in [0.25, 0.3) is 0 Å². The number of methoxy groups -OCH3 is 1. The molecule has 0 heterocycles. The molecule has 0 saturated carbocycles. The molecule has 0 bridgehead atoms. The third kappa shape index (κ3) is 4.42. The third-order valence-corrected chi connectivity index (χ3v) is 4.93. The Hall–Kier alpha value is -1.64. The van der Waals surface area contributed by atoms with Crippen molar-refractivity contribution in [2.45, 2.75) is 11.8 Å². The highest BCUT2D eigenvalue weighted by Crippen LogP contribution is 2.24. The van der Waals surface area contributed by atoms with E-state index in [1.807, 2.05) is 0 Å². The van der Waals surface area contributed by atoms with E-state index in [-0.39, 0.29) is 17.1 Å². The number of nitrogens with two attached hydrogens (primary N) is 1. The normalized spacial score (nSPS) is 11.6. The van der Waals surface area contributed by atoms with Crippen molar-refractivity contribution in [3.63, 3.8) is 0 Å². The van der Waals surface area contributed by atoms with Gasteiger partial charge in [0, 0.05) is 20.7 Å². The van der Waals surface area contributed by atoms with Crippen LogP contribution in [-0.2, 0) is 19.6 Å². The van der Waals surface area contributed by atoms with Crippen LogP contribution in [0.3, 0.4) is 0 Å². The fraction of sp³-hybridized carbons (Fsp3) is 0.462. The Labute approximate surface area is 125 Å². The van der Waals surface area contributed by atoms with Gasteiger partial charge in [0.15, 0.2) is 0 Å². The van der Waals surface area contributed by atoms with Gasteiger partial charge in [0.05, 0.1) is 18.8 Å². The summed E-state index contributed by atoms with van der Waals surface area (Å²) in [5.74, 6) is -0.398. The average molecular weight is 315 g/mol. The Morgan fingerprint density at radius 2 is 2.10 bits per heavy atom. The molecule has 0 radical (unpaired) electrons. The van der Waals surface area contributed by atoms with Crippen LogP contribution in [0.15, 0.2) is 23.1 Å². The number of benzene rings is 1. The molecule has 118 valence electrons. The van der Waals surface area contributed by atoms with Crippen LogP contribution in [0.2, 0.25) is 0 Å². The first-order valence-electron chi connectivity index (χ1n) is 6.37. The lowest BCUT2D eigenvalue weighted by Crippen LogP contribution is -2.39. The molecular formula is C13H21N3O4S.